The van der Waals surface area contributed by atoms with Crippen LogP contribution in [0.2, 0.25) is 0 Å². The molecule has 1 aliphatic heterocycles. The Balaban J connectivity index is 2.25. The molecular weight excluding hydrogens is 745 g/mol. The van der Waals surface area contributed by atoms with Crippen molar-refractivity contribution in [1.82, 2.24) is 0 Å². The Morgan fingerprint density at radius 2 is 1.03 bits per heavy atom. The smallest absolute Gasteiger partial charge is 0.306 e. The van der Waals surface area contributed by atoms with Crippen LogP contribution >= 0.6 is 0 Å². The first-order chi connectivity index (χ1) is 28.9. The number of unbranched alkanes of at least 4 members (excludes halogenated alkanes) is 19. The number of hydrogen-bond donors (Lipinski definition) is 4. The summed E-state index contributed by atoms with van der Waals surface area (Å²) in [6.07, 6.45) is 45.3. The average molecular weight is 833 g/mol. The molecule has 0 aromatic rings. The lowest BCUT2D eigenvalue weighted by molar-refractivity contribution is -0.305. The predicted molar refractivity (Wildman–Crippen MR) is 242 cm³/mol. The largest absolute Gasteiger partial charge is 0.457 e. The fourth-order valence-electron chi connectivity index (χ4n) is 6.95. The van der Waals surface area contributed by atoms with E-state index in [2.05, 4.69) is 74.6 Å². The monoisotopic (exact) mass is 833 g/mol. The number of rotatable bonds is 40. The van der Waals surface area contributed by atoms with Crippen molar-refractivity contribution >= 4 is 5.97 Å². The number of hydrogen-bond acceptors (Lipinski definition) is 9. The third kappa shape index (κ3) is 32.3. The Kier molecular flexibility index (Phi) is 38.4. The SMILES string of the molecule is CC/C=C\C/C=C\C/C=C\C/C=C\CCCCCCCCCCC(=O)OC(COCCCCCCCC/C=C\CCCCCCC)COC1OC(CO)C(O)C(O)C1O. The third-order valence-electron chi connectivity index (χ3n) is 10.7. The van der Waals surface area contributed by atoms with Crippen molar-refractivity contribution in [2.24, 2.45) is 0 Å². The molecular formula is C50H88O9. The fourth-order valence-corrected chi connectivity index (χ4v) is 6.95. The van der Waals surface area contributed by atoms with E-state index in [0.717, 1.165) is 77.0 Å². The fraction of sp³-hybridized carbons (Fsp3) is 0.780. The Bertz CT molecular complexity index is 1080. The average Bonchev–Trinajstić information content (AvgIpc) is 3.24. The van der Waals surface area contributed by atoms with Crippen molar-refractivity contribution in [3.8, 4) is 0 Å². The van der Waals surface area contributed by atoms with Gasteiger partial charge >= 0.3 is 5.97 Å². The molecule has 0 aromatic heterocycles. The molecule has 9 nitrogen and oxygen atoms in total. The molecule has 0 radical (unpaired) electrons. The van der Waals surface area contributed by atoms with E-state index in [4.69, 9.17) is 18.9 Å². The highest BCUT2D eigenvalue weighted by Gasteiger charge is 2.44. The summed E-state index contributed by atoms with van der Waals surface area (Å²) in [5.41, 5.74) is 0. The highest BCUT2D eigenvalue weighted by molar-refractivity contribution is 5.69. The number of aliphatic hydroxyl groups is 4. The summed E-state index contributed by atoms with van der Waals surface area (Å²) in [7, 11) is 0. The summed E-state index contributed by atoms with van der Waals surface area (Å²) >= 11 is 0. The maximum atomic E-state index is 12.8. The van der Waals surface area contributed by atoms with Gasteiger partial charge in [-0.25, -0.2) is 0 Å². The zero-order valence-corrected chi connectivity index (χ0v) is 37.5. The van der Waals surface area contributed by atoms with Crippen LogP contribution in [0.3, 0.4) is 0 Å². The van der Waals surface area contributed by atoms with E-state index in [1.807, 2.05) is 0 Å². The summed E-state index contributed by atoms with van der Waals surface area (Å²) < 4.78 is 22.8. The Morgan fingerprint density at radius 1 is 0.559 bits per heavy atom. The minimum atomic E-state index is -1.54. The summed E-state index contributed by atoms with van der Waals surface area (Å²) in [5, 5.41) is 40.2. The molecule has 0 spiro atoms. The van der Waals surface area contributed by atoms with Crippen molar-refractivity contribution in [1.29, 1.82) is 0 Å². The van der Waals surface area contributed by atoms with Gasteiger partial charge in [-0.05, 0) is 77.0 Å². The molecule has 0 saturated carbocycles. The van der Waals surface area contributed by atoms with E-state index in [1.54, 1.807) is 0 Å². The Hall–Kier alpha value is -2.11. The second-order valence-corrected chi connectivity index (χ2v) is 16.2. The summed E-state index contributed by atoms with van der Waals surface area (Å²) in [6, 6.07) is 0. The van der Waals surface area contributed by atoms with Crippen LogP contribution in [0.4, 0.5) is 0 Å². The van der Waals surface area contributed by atoms with Gasteiger partial charge in [-0.3, -0.25) is 4.79 Å². The zero-order valence-electron chi connectivity index (χ0n) is 37.5. The molecule has 0 amide bonds. The van der Waals surface area contributed by atoms with Gasteiger partial charge in [0, 0.05) is 13.0 Å². The highest BCUT2D eigenvalue weighted by Crippen LogP contribution is 2.22. The molecule has 0 aliphatic carbocycles. The van der Waals surface area contributed by atoms with E-state index >= 15 is 0 Å². The topological polar surface area (TPSA) is 135 Å². The quantitative estimate of drug-likeness (QED) is 0.0270. The molecule has 1 saturated heterocycles. The molecule has 59 heavy (non-hydrogen) atoms. The number of allylic oxidation sites excluding steroid dienone is 10. The maximum Gasteiger partial charge on any atom is 0.306 e. The predicted octanol–water partition coefficient (Wildman–Crippen LogP) is 11.1. The lowest BCUT2D eigenvalue weighted by atomic mass is 9.99. The molecule has 342 valence electrons. The Morgan fingerprint density at radius 3 is 1.58 bits per heavy atom. The molecule has 0 bridgehead atoms. The molecule has 0 aromatic carbocycles. The molecule has 6 unspecified atom stereocenters. The number of aliphatic hydroxyl groups excluding tert-OH is 4. The Labute approximate surface area is 360 Å². The van der Waals surface area contributed by atoms with Crippen molar-refractivity contribution in [2.45, 2.75) is 224 Å². The van der Waals surface area contributed by atoms with Gasteiger partial charge < -0.3 is 39.4 Å². The van der Waals surface area contributed by atoms with Crippen LogP contribution in [0.1, 0.15) is 187 Å². The van der Waals surface area contributed by atoms with Crippen molar-refractivity contribution in [2.75, 3.05) is 26.4 Å². The summed E-state index contributed by atoms with van der Waals surface area (Å²) in [5.74, 6) is -0.325. The second-order valence-electron chi connectivity index (χ2n) is 16.2. The van der Waals surface area contributed by atoms with Crippen LogP contribution in [-0.4, -0.2) is 89.6 Å². The minimum Gasteiger partial charge on any atom is -0.457 e. The van der Waals surface area contributed by atoms with E-state index in [-0.39, 0.29) is 19.2 Å². The molecule has 9 heteroatoms. The molecule has 1 aliphatic rings. The van der Waals surface area contributed by atoms with E-state index < -0.39 is 43.4 Å². The van der Waals surface area contributed by atoms with Crippen LogP contribution in [0, 0.1) is 0 Å². The van der Waals surface area contributed by atoms with Gasteiger partial charge in [0.15, 0.2) is 6.29 Å². The molecule has 1 fully saturated rings. The molecule has 1 heterocycles. The van der Waals surface area contributed by atoms with E-state index in [9.17, 15) is 25.2 Å². The first kappa shape index (κ1) is 54.9. The van der Waals surface area contributed by atoms with E-state index in [0.29, 0.717) is 13.0 Å². The molecule has 1 rings (SSSR count). The van der Waals surface area contributed by atoms with Gasteiger partial charge in [-0.1, -0.05) is 164 Å². The van der Waals surface area contributed by atoms with Crippen LogP contribution in [0.5, 0.6) is 0 Å². The maximum absolute atomic E-state index is 12.8. The van der Waals surface area contributed by atoms with Crippen molar-refractivity contribution in [3.05, 3.63) is 60.8 Å². The summed E-state index contributed by atoms with van der Waals surface area (Å²) in [6.45, 7) is 4.42. The summed E-state index contributed by atoms with van der Waals surface area (Å²) in [4.78, 5) is 12.8. The third-order valence-corrected chi connectivity index (χ3v) is 10.7. The standard InChI is InChI=1S/C50H88O9/c1-3-5-7-9-11-13-15-17-19-20-21-22-23-24-25-27-29-31-33-35-37-39-46(52)58-44(43-57-50-49(55)48(54)47(53)45(41-51)59-50)42-56-40-38-36-34-32-30-28-26-18-16-14-12-10-8-6-4-2/h5,7,11,13,16-19,21-22,44-45,47-51,53-55H,3-4,6,8-10,12,14-15,20,23-43H2,1-2H3/b7-5-,13-11-,18-16-,19-17-,22-21-. The minimum absolute atomic E-state index is 0.121. The van der Waals surface area contributed by atoms with Crippen molar-refractivity contribution < 1.29 is 44.2 Å². The van der Waals surface area contributed by atoms with Crippen LogP contribution in [0.15, 0.2) is 60.8 Å². The first-order valence-electron chi connectivity index (χ1n) is 23.9. The normalized spacial score (nSPS) is 20.7. The number of esters is 1. The van der Waals surface area contributed by atoms with Crippen LogP contribution < -0.4 is 0 Å². The van der Waals surface area contributed by atoms with Crippen molar-refractivity contribution in [3.63, 3.8) is 0 Å². The number of carbonyl (C=O) groups is 1. The first-order valence-corrected chi connectivity index (χ1v) is 23.9. The molecule has 6 atom stereocenters. The number of carbonyl (C=O) groups excluding carboxylic acids is 1. The highest BCUT2D eigenvalue weighted by atomic mass is 16.7. The van der Waals surface area contributed by atoms with Crippen LogP contribution in [0.25, 0.3) is 0 Å². The molecule has 4 N–H and O–H groups in total. The lowest BCUT2D eigenvalue weighted by Crippen LogP contribution is -2.59. The van der Waals surface area contributed by atoms with Gasteiger partial charge in [0.05, 0.1) is 19.8 Å². The van der Waals surface area contributed by atoms with Gasteiger partial charge in [0.2, 0.25) is 0 Å². The number of ether oxygens (including phenoxy) is 4. The van der Waals surface area contributed by atoms with Gasteiger partial charge in [-0.2, -0.15) is 0 Å². The second kappa shape index (κ2) is 41.3. The van der Waals surface area contributed by atoms with E-state index in [1.165, 1.54) is 89.9 Å². The zero-order chi connectivity index (χ0) is 42.9. The van der Waals surface area contributed by atoms with Gasteiger partial charge in [-0.15, -0.1) is 0 Å². The van der Waals surface area contributed by atoms with Gasteiger partial charge in [0.1, 0.15) is 30.5 Å². The van der Waals surface area contributed by atoms with Gasteiger partial charge in [0.25, 0.3) is 0 Å². The lowest BCUT2D eigenvalue weighted by Gasteiger charge is -2.39. The van der Waals surface area contributed by atoms with Crippen LogP contribution in [-0.2, 0) is 23.7 Å².